The minimum atomic E-state index is 0.462. The third kappa shape index (κ3) is 2.56. The minimum Gasteiger partial charge on any atom is -0.316 e. The van der Waals surface area contributed by atoms with Crippen molar-refractivity contribution in [3.8, 4) is 0 Å². The van der Waals surface area contributed by atoms with E-state index in [-0.39, 0.29) is 0 Å². The third-order valence-electron chi connectivity index (χ3n) is 4.32. The molecule has 98 valence electrons. The van der Waals surface area contributed by atoms with Gasteiger partial charge in [0.25, 0.3) is 0 Å². The summed E-state index contributed by atoms with van der Waals surface area (Å²) in [4.78, 5) is 2.60. The van der Waals surface area contributed by atoms with Crippen LogP contribution in [0.4, 0.5) is 0 Å². The Morgan fingerprint density at radius 3 is 3.06 bits per heavy atom. The predicted molar refractivity (Wildman–Crippen MR) is 76.0 cm³/mol. The van der Waals surface area contributed by atoms with Crippen molar-refractivity contribution in [3.63, 3.8) is 0 Å². The number of benzene rings is 1. The molecule has 0 bridgehead atoms. The van der Waals surface area contributed by atoms with Crippen molar-refractivity contribution in [2.24, 2.45) is 5.41 Å². The fourth-order valence-corrected chi connectivity index (χ4v) is 3.45. The second-order valence-corrected chi connectivity index (χ2v) is 6.55. The number of nitrogens with zero attached hydrogens (tertiary/aromatic N) is 1. The van der Waals surface area contributed by atoms with E-state index in [1.807, 2.05) is 6.07 Å². The van der Waals surface area contributed by atoms with E-state index in [1.54, 1.807) is 0 Å². The molecule has 2 nitrogen and oxygen atoms in total. The SMILES string of the molecule is CC1(CN2CCc3cc(Cl)ccc3C2)CCNC1. The molecule has 2 aliphatic heterocycles. The molecule has 1 unspecified atom stereocenters. The highest BCUT2D eigenvalue weighted by molar-refractivity contribution is 6.30. The maximum absolute atomic E-state index is 6.05. The van der Waals surface area contributed by atoms with Gasteiger partial charge in [-0.1, -0.05) is 24.6 Å². The number of hydrogen-bond acceptors (Lipinski definition) is 2. The van der Waals surface area contributed by atoms with Gasteiger partial charge >= 0.3 is 0 Å². The zero-order chi connectivity index (χ0) is 12.6. The summed E-state index contributed by atoms with van der Waals surface area (Å²) >= 11 is 6.05. The number of hydrogen-bond donors (Lipinski definition) is 1. The van der Waals surface area contributed by atoms with Crippen molar-refractivity contribution >= 4 is 11.6 Å². The van der Waals surface area contributed by atoms with Crippen molar-refractivity contribution in [3.05, 3.63) is 34.3 Å². The Morgan fingerprint density at radius 1 is 1.39 bits per heavy atom. The fourth-order valence-electron chi connectivity index (χ4n) is 3.26. The van der Waals surface area contributed by atoms with Gasteiger partial charge in [-0.3, -0.25) is 4.90 Å². The highest BCUT2D eigenvalue weighted by Crippen LogP contribution is 2.29. The molecule has 0 spiro atoms. The molecule has 0 saturated carbocycles. The first-order chi connectivity index (χ1) is 8.65. The van der Waals surface area contributed by atoms with Gasteiger partial charge in [0, 0.05) is 31.2 Å². The Hall–Kier alpha value is -0.570. The van der Waals surface area contributed by atoms with Crippen molar-refractivity contribution in [1.29, 1.82) is 0 Å². The first kappa shape index (κ1) is 12.5. The van der Waals surface area contributed by atoms with Crippen molar-refractivity contribution in [2.45, 2.75) is 26.3 Å². The van der Waals surface area contributed by atoms with Gasteiger partial charge < -0.3 is 5.32 Å². The molecule has 0 aromatic heterocycles. The number of nitrogens with one attached hydrogen (secondary N) is 1. The lowest BCUT2D eigenvalue weighted by Gasteiger charge is -2.35. The van der Waals surface area contributed by atoms with Crippen LogP contribution in [0.1, 0.15) is 24.5 Å². The molecule has 2 aliphatic rings. The zero-order valence-electron chi connectivity index (χ0n) is 11.0. The molecule has 1 aromatic rings. The molecule has 1 fully saturated rings. The van der Waals surface area contributed by atoms with Gasteiger partial charge in [-0.2, -0.15) is 0 Å². The van der Waals surface area contributed by atoms with Gasteiger partial charge in [0.05, 0.1) is 0 Å². The number of halogens is 1. The van der Waals surface area contributed by atoms with Gasteiger partial charge in [-0.05, 0) is 48.1 Å². The van der Waals surface area contributed by atoms with E-state index >= 15 is 0 Å². The van der Waals surface area contributed by atoms with E-state index in [2.05, 4.69) is 29.3 Å². The normalized spacial score (nSPS) is 28.3. The summed E-state index contributed by atoms with van der Waals surface area (Å²) in [6, 6.07) is 6.34. The maximum Gasteiger partial charge on any atom is 0.0408 e. The van der Waals surface area contributed by atoms with E-state index in [4.69, 9.17) is 11.6 Å². The summed E-state index contributed by atoms with van der Waals surface area (Å²) in [6.45, 7) is 8.21. The summed E-state index contributed by atoms with van der Waals surface area (Å²) in [5.74, 6) is 0. The van der Waals surface area contributed by atoms with Crippen LogP contribution in [0.2, 0.25) is 5.02 Å². The van der Waals surface area contributed by atoms with E-state index in [0.717, 1.165) is 24.5 Å². The van der Waals surface area contributed by atoms with Crippen LogP contribution in [0, 0.1) is 5.41 Å². The van der Waals surface area contributed by atoms with Crippen LogP contribution in [0.25, 0.3) is 0 Å². The van der Waals surface area contributed by atoms with E-state index in [9.17, 15) is 0 Å². The molecule has 1 N–H and O–H groups in total. The maximum atomic E-state index is 6.05. The molecular weight excluding hydrogens is 244 g/mol. The lowest BCUT2D eigenvalue weighted by Crippen LogP contribution is -2.40. The summed E-state index contributed by atoms with van der Waals surface area (Å²) < 4.78 is 0. The van der Waals surface area contributed by atoms with Crippen LogP contribution >= 0.6 is 11.6 Å². The van der Waals surface area contributed by atoms with Crippen molar-refractivity contribution in [2.75, 3.05) is 26.2 Å². The second kappa shape index (κ2) is 4.84. The molecule has 1 aromatic carbocycles. The first-order valence-corrected chi connectivity index (χ1v) is 7.23. The summed E-state index contributed by atoms with van der Waals surface area (Å²) in [5, 5.41) is 4.35. The van der Waals surface area contributed by atoms with Gasteiger partial charge in [-0.25, -0.2) is 0 Å². The molecule has 0 aliphatic carbocycles. The Labute approximate surface area is 114 Å². The van der Waals surface area contributed by atoms with Gasteiger partial charge in [0.15, 0.2) is 0 Å². The Balaban J connectivity index is 1.69. The monoisotopic (exact) mass is 264 g/mol. The minimum absolute atomic E-state index is 0.462. The van der Waals surface area contributed by atoms with E-state index in [1.165, 1.54) is 37.2 Å². The quantitative estimate of drug-likeness (QED) is 0.884. The molecule has 3 rings (SSSR count). The van der Waals surface area contributed by atoms with Crippen molar-refractivity contribution in [1.82, 2.24) is 10.2 Å². The molecular formula is C15H21ClN2. The van der Waals surface area contributed by atoms with Gasteiger partial charge in [0.2, 0.25) is 0 Å². The highest BCUT2D eigenvalue weighted by atomic mass is 35.5. The molecule has 2 heterocycles. The van der Waals surface area contributed by atoms with Crippen LogP contribution in [0.5, 0.6) is 0 Å². The van der Waals surface area contributed by atoms with Crippen molar-refractivity contribution < 1.29 is 0 Å². The fraction of sp³-hybridized carbons (Fsp3) is 0.600. The lowest BCUT2D eigenvalue weighted by molar-refractivity contribution is 0.164. The highest BCUT2D eigenvalue weighted by Gasteiger charge is 2.31. The largest absolute Gasteiger partial charge is 0.316 e. The smallest absolute Gasteiger partial charge is 0.0408 e. The third-order valence-corrected chi connectivity index (χ3v) is 4.56. The zero-order valence-corrected chi connectivity index (χ0v) is 11.8. The summed E-state index contributed by atoms with van der Waals surface area (Å²) in [5.41, 5.74) is 3.36. The molecule has 0 amide bonds. The van der Waals surface area contributed by atoms with Crippen LogP contribution in [-0.4, -0.2) is 31.1 Å². The van der Waals surface area contributed by atoms with Gasteiger partial charge in [0.1, 0.15) is 0 Å². The topological polar surface area (TPSA) is 15.3 Å². The average Bonchev–Trinajstić information content (AvgIpc) is 2.76. The number of rotatable bonds is 2. The summed E-state index contributed by atoms with van der Waals surface area (Å²) in [6.07, 6.45) is 2.44. The predicted octanol–water partition coefficient (Wildman–Crippen LogP) is 2.70. The Bertz CT molecular complexity index is 438. The second-order valence-electron chi connectivity index (χ2n) is 6.11. The van der Waals surface area contributed by atoms with E-state index in [0.29, 0.717) is 5.41 Å². The van der Waals surface area contributed by atoms with Crippen LogP contribution in [0.3, 0.4) is 0 Å². The molecule has 1 saturated heterocycles. The number of fused-ring (bicyclic) bond motifs is 1. The molecule has 1 atom stereocenters. The summed E-state index contributed by atoms with van der Waals surface area (Å²) in [7, 11) is 0. The van der Waals surface area contributed by atoms with Crippen LogP contribution in [-0.2, 0) is 13.0 Å². The Kier molecular flexibility index (Phi) is 3.35. The van der Waals surface area contributed by atoms with Gasteiger partial charge in [-0.15, -0.1) is 0 Å². The molecule has 0 radical (unpaired) electrons. The average molecular weight is 265 g/mol. The molecule has 18 heavy (non-hydrogen) atoms. The molecule has 3 heteroatoms. The van der Waals surface area contributed by atoms with E-state index < -0.39 is 0 Å². The van der Waals surface area contributed by atoms with Crippen LogP contribution < -0.4 is 5.32 Å². The van der Waals surface area contributed by atoms with Crippen LogP contribution in [0.15, 0.2) is 18.2 Å². The standard InChI is InChI=1S/C15H21ClN2/c1-15(5-6-17-10-15)11-18-7-4-12-8-14(16)3-2-13(12)9-18/h2-3,8,17H,4-7,9-11H2,1H3. The lowest BCUT2D eigenvalue weighted by atomic mass is 9.88. The first-order valence-electron chi connectivity index (χ1n) is 6.85. The Morgan fingerprint density at radius 2 is 2.28 bits per heavy atom.